The summed E-state index contributed by atoms with van der Waals surface area (Å²) in [5.41, 5.74) is 0.865. The summed E-state index contributed by atoms with van der Waals surface area (Å²) in [5, 5.41) is 4.03. The zero-order valence-electron chi connectivity index (χ0n) is 11.5. The molecule has 0 spiro atoms. The molecule has 0 fully saturated rings. The van der Waals surface area contributed by atoms with Crippen LogP contribution in [0, 0.1) is 0 Å². The van der Waals surface area contributed by atoms with E-state index in [0.29, 0.717) is 10.8 Å². The molecule has 1 heterocycles. The minimum Gasteiger partial charge on any atom is -0.441 e. The van der Waals surface area contributed by atoms with E-state index in [2.05, 4.69) is 33.2 Å². The van der Waals surface area contributed by atoms with Crippen molar-refractivity contribution in [1.29, 1.82) is 0 Å². The number of benzene rings is 1. The molecule has 2 rings (SSSR count). The molecule has 108 valence electrons. The summed E-state index contributed by atoms with van der Waals surface area (Å²) in [4.78, 5) is 4.31. The van der Waals surface area contributed by atoms with Gasteiger partial charge < -0.3 is 9.73 Å². The number of nitrogens with zero attached hydrogens (tertiary/aromatic N) is 1. The zero-order valence-corrected chi connectivity index (χ0v) is 13.8. The van der Waals surface area contributed by atoms with E-state index in [1.54, 1.807) is 6.20 Å². The van der Waals surface area contributed by atoms with Crippen LogP contribution < -0.4 is 5.32 Å². The number of hydrogen-bond donors (Lipinski definition) is 1. The summed E-state index contributed by atoms with van der Waals surface area (Å²) in [6, 6.07) is 5.69. The van der Waals surface area contributed by atoms with E-state index in [9.17, 15) is 0 Å². The Balaban J connectivity index is 1.96. The van der Waals surface area contributed by atoms with Crippen molar-refractivity contribution in [3.05, 3.63) is 39.8 Å². The fourth-order valence-electron chi connectivity index (χ4n) is 1.90. The van der Waals surface area contributed by atoms with Crippen LogP contribution in [-0.4, -0.2) is 18.1 Å². The van der Waals surface area contributed by atoms with Crippen molar-refractivity contribution in [2.75, 3.05) is 13.1 Å². The molecule has 0 aliphatic rings. The van der Waals surface area contributed by atoms with Gasteiger partial charge in [-0.15, -0.1) is 0 Å². The van der Waals surface area contributed by atoms with Crippen LogP contribution in [0.15, 0.2) is 33.3 Å². The van der Waals surface area contributed by atoms with Gasteiger partial charge in [-0.05, 0) is 44.1 Å². The number of rotatable bonds is 7. The molecule has 2 aromatic rings. The first kappa shape index (κ1) is 15.5. The van der Waals surface area contributed by atoms with Crippen LogP contribution in [0.25, 0.3) is 11.3 Å². The third kappa shape index (κ3) is 4.33. The van der Waals surface area contributed by atoms with Gasteiger partial charge in [0, 0.05) is 16.5 Å². The van der Waals surface area contributed by atoms with Crippen LogP contribution in [0.4, 0.5) is 0 Å². The van der Waals surface area contributed by atoms with Crippen molar-refractivity contribution in [3.63, 3.8) is 0 Å². The van der Waals surface area contributed by atoms with Crippen LogP contribution in [0.5, 0.6) is 0 Å². The van der Waals surface area contributed by atoms with E-state index in [4.69, 9.17) is 16.0 Å². The molecule has 0 bridgehead atoms. The van der Waals surface area contributed by atoms with Crippen molar-refractivity contribution in [2.45, 2.75) is 26.2 Å². The van der Waals surface area contributed by atoms with Crippen molar-refractivity contribution in [3.8, 4) is 11.3 Å². The summed E-state index contributed by atoms with van der Waals surface area (Å²) in [6.07, 6.45) is 4.75. The number of hydrogen-bond acceptors (Lipinski definition) is 3. The zero-order chi connectivity index (χ0) is 14.4. The van der Waals surface area contributed by atoms with E-state index in [1.165, 1.54) is 0 Å². The average Bonchev–Trinajstić information content (AvgIpc) is 2.90. The quantitative estimate of drug-likeness (QED) is 0.731. The van der Waals surface area contributed by atoms with Crippen LogP contribution in [0.2, 0.25) is 5.02 Å². The number of nitrogens with one attached hydrogen (secondary N) is 1. The molecule has 3 nitrogen and oxygen atoms in total. The Hall–Kier alpha value is -0.840. The van der Waals surface area contributed by atoms with Gasteiger partial charge in [-0.25, -0.2) is 4.98 Å². The molecule has 0 radical (unpaired) electrons. The Bertz CT molecular complexity index is 557. The van der Waals surface area contributed by atoms with E-state index in [-0.39, 0.29) is 0 Å². The molecule has 1 aromatic carbocycles. The van der Waals surface area contributed by atoms with Crippen LogP contribution in [0.1, 0.15) is 25.7 Å². The summed E-state index contributed by atoms with van der Waals surface area (Å²) in [7, 11) is 0. The van der Waals surface area contributed by atoms with Gasteiger partial charge in [-0.3, -0.25) is 0 Å². The highest BCUT2D eigenvalue weighted by atomic mass is 79.9. The number of halogens is 2. The van der Waals surface area contributed by atoms with Gasteiger partial charge in [0.05, 0.1) is 11.2 Å². The minimum absolute atomic E-state index is 0.667. The van der Waals surface area contributed by atoms with Gasteiger partial charge in [-0.1, -0.05) is 34.5 Å². The molecule has 0 aliphatic heterocycles. The lowest BCUT2D eigenvalue weighted by Gasteiger charge is -2.02. The van der Waals surface area contributed by atoms with E-state index >= 15 is 0 Å². The Kier molecular flexibility index (Phi) is 6.07. The third-order valence-electron chi connectivity index (χ3n) is 2.92. The normalized spacial score (nSPS) is 10.9. The largest absolute Gasteiger partial charge is 0.441 e. The number of oxazole rings is 1. The highest BCUT2D eigenvalue weighted by molar-refractivity contribution is 9.10. The standard InChI is InChI=1S/C15H18BrClN2O/c1-2-7-18-8-3-4-15-19-10-14(20-15)12-9-11(16)5-6-13(12)17/h5-6,9-10,18H,2-4,7-8H2,1H3. The number of aromatic nitrogens is 1. The molecule has 1 aromatic heterocycles. The highest BCUT2D eigenvalue weighted by Crippen LogP contribution is 2.31. The van der Waals surface area contributed by atoms with Gasteiger partial charge in [-0.2, -0.15) is 0 Å². The lowest BCUT2D eigenvalue weighted by atomic mass is 10.2. The van der Waals surface area contributed by atoms with Crippen molar-refractivity contribution >= 4 is 27.5 Å². The second-order valence-corrected chi connectivity index (χ2v) is 5.92. The maximum Gasteiger partial charge on any atom is 0.194 e. The topological polar surface area (TPSA) is 38.1 Å². The first-order valence-electron chi connectivity index (χ1n) is 6.81. The Morgan fingerprint density at radius 2 is 2.20 bits per heavy atom. The monoisotopic (exact) mass is 356 g/mol. The highest BCUT2D eigenvalue weighted by Gasteiger charge is 2.10. The molecule has 0 saturated carbocycles. The summed E-state index contributed by atoms with van der Waals surface area (Å²) in [6.45, 7) is 4.21. The van der Waals surface area contributed by atoms with Crippen molar-refractivity contribution in [2.24, 2.45) is 0 Å². The first-order chi connectivity index (χ1) is 9.70. The van der Waals surface area contributed by atoms with Gasteiger partial charge in [0.25, 0.3) is 0 Å². The molecule has 0 saturated heterocycles. The fraction of sp³-hybridized carbons (Fsp3) is 0.400. The minimum atomic E-state index is 0.667. The SMILES string of the molecule is CCCNCCCc1ncc(-c2cc(Br)ccc2Cl)o1. The molecule has 20 heavy (non-hydrogen) atoms. The first-order valence-corrected chi connectivity index (χ1v) is 7.98. The summed E-state index contributed by atoms with van der Waals surface area (Å²) in [5.74, 6) is 1.47. The lowest BCUT2D eigenvalue weighted by Crippen LogP contribution is -2.16. The predicted octanol–water partition coefficient (Wildman–Crippen LogP) is 4.69. The molecular weight excluding hydrogens is 340 g/mol. The van der Waals surface area contributed by atoms with Crippen molar-refractivity contribution in [1.82, 2.24) is 10.3 Å². The van der Waals surface area contributed by atoms with E-state index in [0.717, 1.165) is 48.3 Å². The maximum absolute atomic E-state index is 6.18. The van der Waals surface area contributed by atoms with Gasteiger partial charge in [0.15, 0.2) is 11.7 Å². The van der Waals surface area contributed by atoms with Crippen LogP contribution in [0.3, 0.4) is 0 Å². The van der Waals surface area contributed by atoms with Crippen LogP contribution in [-0.2, 0) is 6.42 Å². The molecule has 0 atom stereocenters. The van der Waals surface area contributed by atoms with Gasteiger partial charge in [0.1, 0.15) is 0 Å². The Morgan fingerprint density at radius 3 is 3.00 bits per heavy atom. The van der Waals surface area contributed by atoms with Gasteiger partial charge >= 0.3 is 0 Å². The molecular formula is C15H18BrClN2O. The molecule has 1 N–H and O–H groups in total. The second-order valence-electron chi connectivity index (χ2n) is 4.60. The molecule has 0 aliphatic carbocycles. The Labute approximate surface area is 132 Å². The van der Waals surface area contributed by atoms with Gasteiger partial charge in [0.2, 0.25) is 0 Å². The third-order valence-corrected chi connectivity index (χ3v) is 3.74. The van der Waals surface area contributed by atoms with E-state index < -0.39 is 0 Å². The van der Waals surface area contributed by atoms with Crippen molar-refractivity contribution < 1.29 is 4.42 Å². The Morgan fingerprint density at radius 1 is 1.35 bits per heavy atom. The molecule has 0 amide bonds. The second kappa shape index (κ2) is 7.81. The van der Waals surface area contributed by atoms with E-state index in [1.807, 2.05) is 18.2 Å². The summed E-state index contributed by atoms with van der Waals surface area (Å²) >= 11 is 9.62. The predicted molar refractivity (Wildman–Crippen MR) is 86.1 cm³/mol. The lowest BCUT2D eigenvalue weighted by molar-refractivity contribution is 0.491. The summed E-state index contributed by atoms with van der Waals surface area (Å²) < 4.78 is 6.74. The fourth-order valence-corrected chi connectivity index (χ4v) is 2.47. The number of aryl methyl sites for hydroxylation is 1. The molecule has 5 heteroatoms. The van der Waals surface area contributed by atoms with Crippen LogP contribution >= 0.6 is 27.5 Å². The molecule has 0 unspecified atom stereocenters. The average molecular weight is 358 g/mol. The smallest absolute Gasteiger partial charge is 0.194 e. The maximum atomic E-state index is 6.18.